The number of carbonyl (C=O) groups excluding carboxylic acids is 2. The van der Waals surface area contributed by atoms with Gasteiger partial charge in [0, 0.05) is 19.1 Å². The molecule has 29 heavy (non-hydrogen) atoms. The first-order valence-corrected chi connectivity index (χ1v) is 9.99. The average Bonchev–Trinajstić information content (AvgIpc) is 2.69. The minimum absolute atomic E-state index is 0.0292. The van der Waals surface area contributed by atoms with Crippen molar-refractivity contribution in [2.45, 2.75) is 45.6 Å². The van der Waals surface area contributed by atoms with Crippen molar-refractivity contribution in [2.24, 2.45) is 5.92 Å². The number of nitro groups is 1. The zero-order valence-electron chi connectivity index (χ0n) is 17.3. The van der Waals surface area contributed by atoms with Crippen LogP contribution in [0, 0.1) is 16.0 Å². The number of rotatable bonds is 9. The molecule has 160 valence electrons. The number of amides is 2. The molecule has 0 aliphatic carbocycles. The minimum atomic E-state index is -0.557. The third kappa shape index (κ3) is 6.42. The van der Waals surface area contributed by atoms with Gasteiger partial charge in [0.2, 0.25) is 11.8 Å². The van der Waals surface area contributed by atoms with Crippen molar-refractivity contribution in [2.75, 3.05) is 32.1 Å². The Labute approximate surface area is 170 Å². The number of benzene rings is 1. The Bertz CT molecular complexity index is 740. The smallest absolute Gasteiger partial charge is 0.296 e. The lowest BCUT2D eigenvalue weighted by Gasteiger charge is -2.36. The number of nitrogens with one attached hydrogen (secondary N) is 2. The van der Waals surface area contributed by atoms with Crippen LogP contribution in [0.1, 0.15) is 39.5 Å². The topological polar surface area (TPSA) is 114 Å². The largest absolute Gasteiger partial charge is 0.496 e. The van der Waals surface area contributed by atoms with Gasteiger partial charge in [-0.25, -0.2) is 0 Å². The number of methoxy groups -OCH3 is 1. The van der Waals surface area contributed by atoms with E-state index in [0.29, 0.717) is 18.8 Å². The Morgan fingerprint density at radius 2 is 2.10 bits per heavy atom. The summed E-state index contributed by atoms with van der Waals surface area (Å²) in [6.07, 6.45) is 3.58. The first kappa shape index (κ1) is 22.6. The summed E-state index contributed by atoms with van der Waals surface area (Å²) in [5.74, 6) is -0.124. The maximum Gasteiger partial charge on any atom is 0.296 e. The Morgan fingerprint density at radius 1 is 1.34 bits per heavy atom. The summed E-state index contributed by atoms with van der Waals surface area (Å²) >= 11 is 0. The zero-order chi connectivity index (χ0) is 21.4. The maximum atomic E-state index is 12.5. The summed E-state index contributed by atoms with van der Waals surface area (Å²) in [6, 6.07) is 4.45. The van der Waals surface area contributed by atoms with Crippen LogP contribution in [0.3, 0.4) is 0 Å². The second-order valence-electron chi connectivity index (χ2n) is 7.39. The highest BCUT2D eigenvalue weighted by Crippen LogP contribution is 2.29. The van der Waals surface area contributed by atoms with Gasteiger partial charge in [-0.05, 0) is 38.3 Å². The Balaban J connectivity index is 1.98. The number of ether oxygens (including phenoxy) is 1. The molecule has 0 aromatic heterocycles. The third-order valence-electron chi connectivity index (χ3n) is 5.23. The molecule has 1 aromatic carbocycles. The average molecular weight is 406 g/mol. The maximum absolute atomic E-state index is 12.5. The molecule has 1 aromatic rings. The van der Waals surface area contributed by atoms with E-state index < -0.39 is 4.92 Å². The fourth-order valence-corrected chi connectivity index (χ4v) is 3.42. The van der Waals surface area contributed by atoms with Crippen molar-refractivity contribution >= 4 is 23.2 Å². The van der Waals surface area contributed by atoms with E-state index in [1.54, 1.807) is 6.07 Å². The standard InChI is InChI=1S/C20H30N4O5/c1-4-5-10-21-20(26)15-7-6-14(2)23(12-15)13-19(25)22-17-9-8-16(29-3)11-18(17)24(27)28/h8-9,11,14-15H,4-7,10,12-13H2,1-3H3,(H,21,26)(H,22,25). The quantitative estimate of drug-likeness (QED) is 0.370. The zero-order valence-corrected chi connectivity index (χ0v) is 17.3. The summed E-state index contributed by atoms with van der Waals surface area (Å²) in [6.45, 7) is 5.33. The van der Waals surface area contributed by atoms with Crippen molar-refractivity contribution in [1.82, 2.24) is 10.2 Å². The van der Waals surface area contributed by atoms with Crippen molar-refractivity contribution in [1.29, 1.82) is 0 Å². The van der Waals surface area contributed by atoms with Gasteiger partial charge in [-0.15, -0.1) is 0 Å². The third-order valence-corrected chi connectivity index (χ3v) is 5.23. The SMILES string of the molecule is CCCCNC(=O)C1CCC(C)N(CC(=O)Nc2ccc(OC)cc2[N+](=O)[O-])C1. The molecule has 2 atom stereocenters. The van der Waals surface area contributed by atoms with E-state index in [0.717, 1.165) is 25.7 Å². The highest BCUT2D eigenvalue weighted by Gasteiger charge is 2.31. The molecule has 1 fully saturated rings. The molecular formula is C20H30N4O5. The van der Waals surface area contributed by atoms with Gasteiger partial charge < -0.3 is 15.4 Å². The number of nitro benzene ring substituents is 1. The number of hydrogen-bond acceptors (Lipinski definition) is 6. The van der Waals surface area contributed by atoms with Crippen LogP contribution in [0.15, 0.2) is 18.2 Å². The normalized spacial score (nSPS) is 19.4. The van der Waals surface area contributed by atoms with E-state index in [4.69, 9.17) is 4.74 Å². The molecule has 1 aliphatic rings. The number of carbonyl (C=O) groups is 2. The molecule has 0 spiro atoms. The summed E-state index contributed by atoms with van der Waals surface area (Å²) in [5, 5.41) is 16.9. The lowest BCUT2D eigenvalue weighted by atomic mass is 9.92. The minimum Gasteiger partial charge on any atom is -0.496 e. The Morgan fingerprint density at radius 3 is 2.76 bits per heavy atom. The van der Waals surface area contributed by atoms with E-state index in [1.165, 1.54) is 19.2 Å². The fraction of sp³-hybridized carbons (Fsp3) is 0.600. The van der Waals surface area contributed by atoms with Gasteiger partial charge >= 0.3 is 0 Å². The molecule has 1 aliphatic heterocycles. The number of hydrogen-bond donors (Lipinski definition) is 2. The van der Waals surface area contributed by atoms with Gasteiger partial charge in [-0.2, -0.15) is 0 Å². The molecule has 2 rings (SSSR count). The Kier molecular flexibility index (Phi) is 8.38. The second kappa shape index (κ2) is 10.8. The van der Waals surface area contributed by atoms with Crippen LogP contribution in [0.2, 0.25) is 0 Å². The van der Waals surface area contributed by atoms with Crippen LogP contribution < -0.4 is 15.4 Å². The first-order valence-electron chi connectivity index (χ1n) is 9.99. The van der Waals surface area contributed by atoms with Crippen molar-refractivity contribution in [3.63, 3.8) is 0 Å². The predicted octanol–water partition coefficient (Wildman–Crippen LogP) is 2.56. The molecule has 2 unspecified atom stereocenters. The van der Waals surface area contributed by atoms with E-state index in [1.807, 2.05) is 11.8 Å². The van der Waals surface area contributed by atoms with E-state index in [9.17, 15) is 19.7 Å². The van der Waals surface area contributed by atoms with Gasteiger partial charge in [-0.3, -0.25) is 24.6 Å². The van der Waals surface area contributed by atoms with Crippen LogP contribution in [0.4, 0.5) is 11.4 Å². The molecule has 0 saturated carbocycles. The van der Waals surface area contributed by atoms with E-state index in [2.05, 4.69) is 17.6 Å². The van der Waals surface area contributed by atoms with Crippen molar-refractivity contribution in [3.8, 4) is 5.75 Å². The number of piperidine rings is 1. The molecule has 0 radical (unpaired) electrons. The van der Waals surface area contributed by atoms with Crippen molar-refractivity contribution in [3.05, 3.63) is 28.3 Å². The number of anilines is 1. The summed E-state index contributed by atoms with van der Waals surface area (Å²) < 4.78 is 5.01. The molecule has 0 bridgehead atoms. The van der Waals surface area contributed by atoms with E-state index in [-0.39, 0.29) is 41.7 Å². The molecule has 9 heteroatoms. The van der Waals surface area contributed by atoms with Crippen LogP contribution in [0.25, 0.3) is 0 Å². The lowest BCUT2D eigenvalue weighted by molar-refractivity contribution is -0.384. The van der Waals surface area contributed by atoms with Crippen LogP contribution >= 0.6 is 0 Å². The van der Waals surface area contributed by atoms with Crippen molar-refractivity contribution < 1.29 is 19.2 Å². The predicted molar refractivity (Wildman–Crippen MR) is 110 cm³/mol. The molecular weight excluding hydrogens is 376 g/mol. The lowest BCUT2D eigenvalue weighted by Crippen LogP contribution is -2.49. The highest BCUT2D eigenvalue weighted by atomic mass is 16.6. The van der Waals surface area contributed by atoms with Gasteiger partial charge in [0.05, 0.1) is 30.6 Å². The first-order chi connectivity index (χ1) is 13.8. The number of unbranched alkanes of at least 4 members (excludes halogenated alkanes) is 1. The summed E-state index contributed by atoms with van der Waals surface area (Å²) in [5.41, 5.74) is -0.100. The monoisotopic (exact) mass is 406 g/mol. The van der Waals surface area contributed by atoms with Crippen LogP contribution in [-0.4, -0.2) is 54.4 Å². The molecule has 9 nitrogen and oxygen atoms in total. The van der Waals surface area contributed by atoms with Gasteiger partial charge in [0.15, 0.2) is 0 Å². The molecule has 2 N–H and O–H groups in total. The molecule has 1 saturated heterocycles. The fourth-order valence-electron chi connectivity index (χ4n) is 3.42. The molecule has 2 amide bonds. The summed E-state index contributed by atoms with van der Waals surface area (Å²) in [4.78, 5) is 37.6. The highest BCUT2D eigenvalue weighted by molar-refractivity contribution is 5.94. The summed E-state index contributed by atoms with van der Waals surface area (Å²) in [7, 11) is 1.42. The van der Waals surface area contributed by atoms with Gasteiger partial charge in [-0.1, -0.05) is 13.3 Å². The molecule has 1 heterocycles. The number of nitrogens with zero attached hydrogens (tertiary/aromatic N) is 2. The number of likely N-dealkylation sites (tertiary alicyclic amines) is 1. The van der Waals surface area contributed by atoms with Crippen LogP contribution in [0.5, 0.6) is 5.75 Å². The second-order valence-corrected chi connectivity index (χ2v) is 7.39. The van der Waals surface area contributed by atoms with Gasteiger partial charge in [0.1, 0.15) is 11.4 Å². The Hall–Kier alpha value is -2.68. The van der Waals surface area contributed by atoms with Gasteiger partial charge in [0.25, 0.3) is 5.69 Å². The van der Waals surface area contributed by atoms with E-state index >= 15 is 0 Å². The van der Waals surface area contributed by atoms with Crippen LogP contribution in [-0.2, 0) is 9.59 Å².